The van der Waals surface area contributed by atoms with Crippen molar-refractivity contribution in [1.82, 2.24) is 9.78 Å². The number of alkyl halides is 3. The number of nitrogen functional groups attached to an aromatic ring is 1. The lowest BCUT2D eigenvalue weighted by Gasteiger charge is -2.07. The highest BCUT2D eigenvalue weighted by Gasteiger charge is 2.38. The summed E-state index contributed by atoms with van der Waals surface area (Å²) in [5.41, 5.74) is 6.04. The van der Waals surface area contributed by atoms with E-state index in [1.807, 2.05) is 6.92 Å². The predicted molar refractivity (Wildman–Crippen MR) is 62.8 cm³/mol. The standard InChI is InChI=1S/C12H12F3N3/c1-7-3-5-8(6-4-7)9-10(12(13,14)15)17-18(2)11(9)16/h3-6H,16H2,1-2H3. The van der Waals surface area contributed by atoms with Gasteiger partial charge in [-0.2, -0.15) is 18.3 Å². The second-order valence-electron chi connectivity index (χ2n) is 4.10. The van der Waals surface area contributed by atoms with Crippen LogP contribution in [0.15, 0.2) is 24.3 Å². The molecule has 0 unspecified atom stereocenters. The van der Waals surface area contributed by atoms with Gasteiger partial charge in [-0.3, -0.25) is 4.68 Å². The fraction of sp³-hybridized carbons (Fsp3) is 0.250. The summed E-state index contributed by atoms with van der Waals surface area (Å²) in [5, 5.41) is 3.45. The Labute approximate surface area is 102 Å². The van der Waals surface area contributed by atoms with Crippen LogP contribution in [0.3, 0.4) is 0 Å². The van der Waals surface area contributed by atoms with Crippen LogP contribution in [0.25, 0.3) is 11.1 Å². The van der Waals surface area contributed by atoms with Gasteiger partial charge in [0, 0.05) is 7.05 Å². The zero-order valence-corrected chi connectivity index (χ0v) is 9.92. The topological polar surface area (TPSA) is 43.8 Å². The van der Waals surface area contributed by atoms with Crippen molar-refractivity contribution in [3.8, 4) is 11.1 Å². The molecule has 0 saturated carbocycles. The number of nitrogens with two attached hydrogens (primary N) is 1. The second kappa shape index (κ2) is 4.04. The van der Waals surface area contributed by atoms with Gasteiger partial charge in [0.15, 0.2) is 5.69 Å². The molecule has 6 heteroatoms. The molecular weight excluding hydrogens is 243 g/mol. The van der Waals surface area contributed by atoms with E-state index in [2.05, 4.69) is 5.10 Å². The Kier molecular flexibility index (Phi) is 2.80. The maximum atomic E-state index is 12.9. The highest BCUT2D eigenvalue weighted by molar-refractivity contribution is 5.77. The number of rotatable bonds is 1. The Morgan fingerprint density at radius 2 is 1.72 bits per heavy atom. The molecule has 0 atom stereocenters. The molecule has 0 radical (unpaired) electrons. The molecule has 1 heterocycles. The summed E-state index contributed by atoms with van der Waals surface area (Å²) in [4.78, 5) is 0. The molecule has 0 fully saturated rings. The summed E-state index contributed by atoms with van der Waals surface area (Å²) in [5.74, 6) is 0.00572. The Balaban J connectivity index is 2.66. The third-order valence-electron chi connectivity index (χ3n) is 2.70. The first-order valence-corrected chi connectivity index (χ1v) is 5.27. The van der Waals surface area contributed by atoms with Gasteiger partial charge in [0.05, 0.1) is 5.56 Å². The normalized spacial score (nSPS) is 11.8. The second-order valence-corrected chi connectivity index (χ2v) is 4.10. The van der Waals surface area contributed by atoms with Crippen molar-refractivity contribution < 1.29 is 13.2 Å². The van der Waals surface area contributed by atoms with Crippen molar-refractivity contribution >= 4 is 5.82 Å². The van der Waals surface area contributed by atoms with E-state index in [1.54, 1.807) is 24.3 Å². The van der Waals surface area contributed by atoms with Crippen LogP contribution in [0.1, 0.15) is 11.3 Å². The molecule has 3 nitrogen and oxygen atoms in total. The van der Waals surface area contributed by atoms with Crippen molar-refractivity contribution in [2.75, 3.05) is 5.73 Å². The van der Waals surface area contributed by atoms with E-state index in [1.165, 1.54) is 7.05 Å². The van der Waals surface area contributed by atoms with E-state index in [9.17, 15) is 13.2 Å². The Hall–Kier alpha value is -1.98. The largest absolute Gasteiger partial charge is 0.435 e. The molecule has 2 aromatic rings. The first kappa shape index (κ1) is 12.5. The summed E-state index contributed by atoms with van der Waals surface area (Å²) in [6.45, 7) is 1.86. The number of hydrogen-bond donors (Lipinski definition) is 1. The molecule has 1 aromatic heterocycles. The molecule has 0 spiro atoms. The average molecular weight is 255 g/mol. The molecule has 2 N–H and O–H groups in total. The Morgan fingerprint density at radius 3 is 2.22 bits per heavy atom. The Morgan fingerprint density at radius 1 is 1.17 bits per heavy atom. The molecule has 0 bridgehead atoms. The molecule has 96 valence electrons. The first-order valence-electron chi connectivity index (χ1n) is 5.27. The molecule has 0 amide bonds. The van der Waals surface area contributed by atoms with Crippen molar-refractivity contribution in [2.45, 2.75) is 13.1 Å². The molecule has 2 rings (SSSR count). The monoisotopic (exact) mass is 255 g/mol. The summed E-state index contributed by atoms with van der Waals surface area (Å²) in [6.07, 6.45) is -4.52. The smallest absolute Gasteiger partial charge is 0.383 e. The van der Waals surface area contributed by atoms with Crippen LogP contribution in [0.4, 0.5) is 19.0 Å². The molecule has 0 aliphatic heterocycles. The maximum Gasteiger partial charge on any atom is 0.435 e. The van der Waals surface area contributed by atoms with Crippen LogP contribution in [-0.4, -0.2) is 9.78 Å². The molecule has 18 heavy (non-hydrogen) atoms. The van der Waals surface area contributed by atoms with Gasteiger partial charge in [-0.05, 0) is 12.5 Å². The summed E-state index contributed by atoms with van der Waals surface area (Å²) < 4.78 is 39.7. The lowest BCUT2D eigenvalue weighted by Crippen LogP contribution is -2.08. The molecule has 1 aromatic carbocycles. The first-order chi connectivity index (χ1) is 8.30. The van der Waals surface area contributed by atoms with Crippen molar-refractivity contribution in [1.29, 1.82) is 0 Å². The minimum absolute atomic E-state index is 0.00572. The summed E-state index contributed by atoms with van der Waals surface area (Å²) >= 11 is 0. The van der Waals surface area contributed by atoms with Crippen LogP contribution >= 0.6 is 0 Å². The van der Waals surface area contributed by atoms with Crippen LogP contribution < -0.4 is 5.73 Å². The number of anilines is 1. The Bertz CT molecular complexity index is 567. The van der Waals surface area contributed by atoms with Gasteiger partial charge >= 0.3 is 6.18 Å². The zero-order chi connectivity index (χ0) is 13.5. The summed E-state index contributed by atoms with van der Waals surface area (Å²) in [7, 11) is 1.39. The van der Waals surface area contributed by atoms with Gasteiger partial charge in [0.1, 0.15) is 5.82 Å². The lowest BCUT2D eigenvalue weighted by molar-refractivity contribution is -0.140. The third-order valence-corrected chi connectivity index (χ3v) is 2.70. The maximum absolute atomic E-state index is 12.9. The molecule has 0 saturated heterocycles. The van der Waals surface area contributed by atoms with Gasteiger partial charge in [0.25, 0.3) is 0 Å². The fourth-order valence-electron chi connectivity index (χ4n) is 1.74. The SMILES string of the molecule is Cc1ccc(-c2c(C(F)(F)F)nn(C)c2N)cc1. The lowest BCUT2D eigenvalue weighted by atomic mass is 10.0. The zero-order valence-electron chi connectivity index (χ0n) is 9.92. The van der Waals surface area contributed by atoms with Crippen LogP contribution in [-0.2, 0) is 13.2 Å². The van der Waals surface area contributed by atoms with E-state index in [0.717, 1.165) is 10.2 Å². The highest BCUT2D eigenvalue weighted by Crippen LogP contribution is 2.39. The van der Waals surface area contributed by atoms with Crippen LogP contribution in [0, 0.1) is 6.92 Å². The predicted octanol–water partition coefficient (Wildman–Crippen LogP) is 3.00. The van der Waals surface area contributed by atoms with Crippen molar-refractivity contribution in [3.05, 3.63) is 35.5 Å². The highest BCUT2D eigenvalue weighted by atomic mass is 19.4. The van der Waals surface area contributed by atoms with Crippen LogP contribution in [0.5, 0.6) is 0 Å². The molecule has 0 aliphatic rings. The summed E-state index contributed by atoms with van der Waals surface area (Å²) in [6, 6.07) is 6.69. The van der Waals surface area contributed by atoms with Gasteiger partial charge in [-0.1, -0.05) is 29.8 Å². The quantitative estimate of drug-likeness (QED) is 0.851. The minimum atomic E-state index is -4.52. The number of halogens is 3. The van der Waals surface area contributed by atoms with E-state index in [4.69, 9.17) is 5.73 Å². The van der Waals surface area contributed by atoms with E-state index in [0.29, 0.717) is 5.56 Å². The van der Waals surface area contributed by atoms with Gasteiger partial charge in [-0.25, -0.2) is 0 Å². The van der Waals surface area contributed by atoms with E-state index >= 15 is 0 Å². The molecular formula is C12H12F3N3. The number of aromatic nitrogens is 2. The molecule has 0 aliphatic carbocycles. The van der Waals surface area contributed by atoms with Gasteiger partial charge < -0.3 is 5.73 Å². The third kappa shape index (κ3) is 2.05. The van der Waals surface area contributed by atoms with Crippen molar-refractivity contribution in [3.63, 3.8) is 0 Å². The number of benzene rings is 1. The number of hydrogen-bond acceptors (Lipinski definition) is 2. The number of aryl methyl sites for hydroxylation is 2. The average Bonchev–Trinajstić information content (AvgIpc) is 2.57. The van der Waals surface area contributed by atoms with E-state index < -0.39 is 11.9 Å². The van der Waals surface area contributed by atoms with Crippen LogP contribution in [0.2, 0.25) is 0 Å². The van der Waals surface area contributed by atoms with Gasteiger partial charge in [0.2, 0.25) is 0 Å². The van der Waals surface area contributed by atoms with Crippen molar-refractivity contribution in [2.24, 2.45) is 7.05 Å². The minimum Gasteiger partial charge on any atom is -0.383 e. The number of nitrogens with zero attached hydrogens (tertiary/aromatic N) is 2. The van der Waals surface area contributed by atoms with Gasteiger partial charge in [-0.15, -0.1) is 0 Å². The van der Waals surface area contributed by atoms with E-state index in [-0.39, 0.29) is 11.4 Å². The fourth-order valence-corrected chi connectivity index (χ4v) is 1.74.